The average Bonchev–Trinajstić information content (AvgIpc) is 2.49. The van der Waals surface area contributed by atoms with Gasteiger partial charge in [0.25, 0.3) is 0 Å². The molecule has 0 aromatic rings. The van der Waals surface area contributed by atoms with Gasteiger partial charge in [-0.3, -0.25) is 0 Å². The van der Waals surface area contributed by atoms with Crippen LogP contribution in [0.4, 0.5) is 13.2 Å². The molecule has 1 aliphatic carbocycles. The van der Waals surface area contributed by atoms with Crippen LogP contribution in [-0.2, 0) is 0 Å². The van der Waals surface area contributed by atoms with Crippen molar-refractivity contribution in [3.05, 3.63) is 11.1 Å². The molecule has 16 heavy (non-hydrogen) atoms. The maximum atomic E-state index is 12.3. The van der Waals surface area contributed by atoms with Gasteiger partial charge < -0.3 is 0 Å². The normalized spacial score (nSPS) is 30.4. The molecule has 0 heterocycles. The van der Waals surface area contributed by atoms with E-state index in [1.54, 1.807) is 0 Å². The summed E-state index contributed by atoms with van der Waals surface area (Å²) in [5, 5.41) is -0.989. The maximum Gasteiger partial charge on any atom is 0.426 e. The lowest BCUT2D eigenvalue weighted by Crippen LogP contribution is -2.12. The van der Waals surface area contributed by atoms with E-state index in [0.717, 1.165) is 0 Å². The fourth-order valence-electron chi connectivity index (χ4n) is 2.90. The number of alkyl halides is 3. The van der Waals surface area contributed by atoms with Crippen molar-refractivity contribution in [3.63, 3.8) is 0 Å². The van der Waals surface area contributed by atoms with Crippen LogP contribution < -0.4 is 0 Å². The third-order valence-corrected chi connectivity index (χ3v) is 3.78. The van der Waals surface area contributed by atoms with Crippen molar-refractivity contribution in [2.75, 3.05) is 0 Å². The lowest BCUT2D eigenvalue weighted by Gasteiger charge is -2.20. The van der Waals surface area contributed by atoms with Gasteiger partial charge in [0.1, 0.15) is 5.03 Å². The van der Waals surface area contributed by atoms with E-state index in [-0.39, 0.29) is 22.7 Å². The summed E-state index contributed by atoms with van der Waals surface area (Å²) in [6.07, 6.45) is -3.24. The predicted octanol–water partition coefficient (Wildman–Crippen LogP) is 4.99. The zero-order valence-corrected chi connectivity index (χ0v) is 11.0. The van der Waals surface area contributed by atoms with Gasteiger partial charge in [0.05, 0.1) is 0 Å². The Bertz CT molecular complexity index is 307. The Labute approximate surface area is 99.9 Å². The second kappa shape index (κ2) is 3.66. The molecule has 2 atom stereocenters. The molecule has 0 nitrogen and oxygen atoms in total. The number of allylic oxidation sites excluding steroid dienone is 2. The molecule has 0 aliphatic heterocycles. The van der Waals surface area contributed by atoms with Crippen molar-refractivity contribution in [1.82, 2.24) is 0 Å². The highest BCUT2D eigenvalue weighted by molar-refractivity contribution is 6.30. The van der Waals surface area contributed by atoms with Crippen LogP contribution >= 0.6 is 11.6 Å². The molecule has 1 fully saturated rings. The van der Waals surface area contributed by atoms with Crippen LogP contribution in [0.3, 0.4) is 0 Å². The van der Waals surface area contributed by atoms with E-state index in [0.29, 0.717) is 0 Å². The molecule has 0 aromatic heterocycles. The highest BCUT2D eigenvalue weighted by Gasteiger charge is 2.61. The molecule has 2 unspecified atom stereocenters. The smallest absolute Gasteiger partial charge is 0.165 e. The van der Waals surface area contributed by atoms with Crippen LogP contribution in [0.5, 0.6) is 0 Å². The van der Waals surface area contributed by atoms with Crippen LogP contribution in [0.2, 0.25) is 0 Å². The SMILES string of the molecule is CC(C)(C)C1C(/C=C(\Cl)C(F)(F)F)C1(C)C. The standard InChI is InChI=1S/C12H18ClF3/c1-10(2,3)9-7(11(9,4)5)6-8(13)12(14,15)16/h6-7,9H,1-5H3/b8-6-. The first-order chi connectivity index (χ1) is 6.88. The van der Waals surface area contributed by atoms with E-state index in [9.17, 15) is 13.2 Å². The first-order valence-electron chi connectivity index (χ1n) is 5.33. The van der Waals surface area contributed by atoms with Gasteiger partial charge in [-0.1, -0.05) is 52.3 Å². The first-order valence-corrected chi connectivity index (χ1v) is 5.71. The van der Waals surface area contributed by atoms with Gasteiger partial charge in [-0.2, -0.15) is 13.2 Å². The monoisotopic (exact) mass is 254 g/mol. The zero-order chi connectivity index (χ0) is 12.9. The summed E-state index contributed by atoms with van der Waals surface area (Å²) >= 11 is 5.27. The number of halogens is 4. The Balaban J connectivity index is 2.87. The van der Waals surface area contributed by atoms with Crippen molar-refractivity contribution in [2.24, 2.45) is 22.7 Å². The minimum atomic E-state index is -4.41. The van der Waals surface area contributed by atoms with E-state index in [2.05, 4.69) is 20.8 Å². The second-order valence-corrected chi connectivity index (χ2v) is 6.61. The molecule has 0 N–H and O–H groups in total. The lowest BCUT2D eigenvalue weighted by atomic mass is 9.85. The lowest BCUT2D eigenvalue weighted by molar-refractivity contribution is -0.0848. The predicted molar refractivity (Wildman–Crippen MR) is 60.2 cm³/mol. The Hall–Kier alpha value is -0.180. The number of hydrogen-bond acceptors (Lipinski definition) is 0. The highest BCUT2D eigenvalue weighted by atomic mass is 35.5. The fourth-order valence-corrected chi connectivity index (χ4v) is 3.03. The molecule has 1 rings (SSSR count). The summed E-state index contributed by atoms with van der Waals surface area (Å²) in [6, 6.07) is 0. The van der Waals surface area contributed by atoms with Gasteiger partial charge in [-0.25, -0.2) is 0 Å². The molecule has 0 aromatic carbocycles. The molecule has 0 amide bonds. The number of rotatable bonds is 1. The molecule has 0 saturated heterocycles. The zero-order valence-electron chi connectivity index (χ0n) is 10.2. The van der Waals surface area contributed by atoms with Gasteiger partial charge in [-0.15, -0.1) is 0 Å². The van der Waals surface area contributed by atoms with Crippen molar-refractivity contribution in [2.45, 2.75) is 40.8 Å². The molecule has 1 saturated carbocycles. The molecular formula is C12H18ClF3. The van der Waals surface area contributed by atoms with Crippen molar-refractivity contribution < 1.29 is 13.2 Å². The molecule has 0 radical (unpaired) electrons. The summed E-state index contributed by atoms with van der Waals surface area (Å²) < 4.78 is 36.9. The quantitative estimate of drug-likeness (QED) is 0.618. The van der Waals surface area contributed by atoms with Gasteiger partial charge in [0.2, 0.25) is 0 Å². The highest BCUT2D eigenvalue weighted by Crippen LogP contribution is 2.66. The fraction of sp³-hybridized carbons (Fsp3) is 0.833. The van der Waals surface area contributed by atoms with Crippen LogP contribution in [0.25, 0.3) is 0 Å². The van der Waals surface area contributed by atoms with Crippen LogP contribution in [0.1, 0.15) is 34.6 Å². The third-order valence-electron chi connectivity index (χ3n) is 3.44. The Morgan fingerprint density at radius 1 is 1.19 bits per heavy atom. The third kappa shape index (κ3) is 2.55. The molecule has 0 spiro atoms. The second-order valence-electron chi connectivity index (χ2n) is 6.20. The minimum absolute atomic E-state index is 0.00738. The molecule has 0 bridgehead atoms. The molecular weight excluding hydrogens is 237 g/mol. The molecule has 94 valence electrons. The van der Waals surface area contributed by atoms with Crippen LogP contribution in [0, 0.1) is 22.7 Å². The van der Waals surface area contributed by atoms with Crippen molar-refractivity contribution in [1.29, 1.82) is 0 Å². The van der Waals surface area contributed by atoms with Gasteiger partial charge in [0, 0.05) is 0 Å². The topological polar surface area (TPSA) is 0 Å². The summed E-state index contributed by atoms with van der Waals surface area (Å²) in [6.45, 7) is 10.1. The molecule has 1 aliphatic rings. The molecule has 4 heteroatoms. The Morgan fingerprint density at radius 2 is 1.62 bits per heavy atom. The van der Waals surface area contributed by atoms with Gasteiger partial charge in [0.15, 0.2) is 0 Å². The van der Waals surface area contributed by atoms with Gasteiger partial charge in [-0.05, 0) is 22.7 Å². The van der Waals surface area contributed by atoms with E-state index >= 15 is 0 Å². The largest absolute Gasteiger partial charge is 0.426 e. The van der Waals surface area contributed by atoms with Crippen LogP contribution in [0.15, 0.2) is 11.1 Å². The van der Waals surface area contributed by atoms with E-state index in [1.165, 1.54) is 6.08 Å². The Kier molecular flexibility index (Phi) is 3.17. The summed E-state index contributed by atoms with van der Waals surface area (Å²) in [5.74, 6) is 0.165. The minimum Gasteiger partial charge on any atom is -0.165 e. The summed E-state index contributed by atoms with van der Waals surface area (Å²) in [5.41, 5.74) is -0.0862. The van der Waals surface area contributed by atoms with Crippen molar-refractivity contribution >= 4 is 11.6 Å². The average molecular weight is 255 g/mol. The number of hydrogen-bond donors (Lipinski definition) is 0. The first kappa shape index (κ1) is 13.9. The van der Waals surface area contributed by atoms with Crippen LogP contribution in [-0.4, -0.2) is 6.18 Å². The van der Waals surface area contributed by atoms with Gasteiger partial charge >= 0.3 is 6.18 Å². The van der Waals surface area contributed by atoms with E-state index < -0.39 is 11.2 Å². The van der Waals surface area contributed by atoms with E-state index in [4.69, 9.17) is 11.6 Å². The summed E-state index contributed by atoms with van der Waals surface area (Å²) in [4.78, 5) is 0. The van der Waals surface area contributed by atoms with Crippen molar-refractivity contribution in [3.8, 4) is 0 Å². The Morgan fingerprint density at radius 3 is 1.88 bits per heavy atom. The summed E-state index contributed by atoms with van der Waals surface area (Å²) in [7, 11) is 0. The van der Waals surface area contributed by atoms with E-state index in [1.807, 2.05) is 13.8 Å². The maximum absolute atomic E-state index is 12.3.